The van der Waals surface area contributed by atoms with E-state index >= 15 is 0 Å². The highest BCUT2D eigenvalue weighted by atomic mass is 35.5. The van der Waals surface area contributed by atoms with Crippen LogP contribution >= 0.6 is 23.4 Å². The second-order valence-corrected chi connectivity index (χ2v) is 12.9. The van der Waals surface area contributed by atoms with Gasteiger partial charge in [-0.3, -0.25) is 14.7 Å². The fourth-order valence-corrected chi connectivity index (χ4v) is 8.41. The minimum atomic E-state index is -0.0534. The Labute approximate surface area is 207 Å². The number of carbonyl (C=O) groups excluding carboxylic acids is 2. The molecule has 3 aliphatic heterocycles. The Morgan fingerprint density at radius 3 is 2.61 bits per heavy atom. The van der Waals surface area contributed by atoms with Crippen molar-refractivity contribution < 1.29 is 9.59 Å². The van der Waals surface area contributed by atoms with Crippen LogP contribution in [0.2, 0.25) is 0 Å². The van der Waals surface area contributed by atoms with Crippen molar-refractivity contribution in [3.8, 4) is 0 Å². The molecular weight excluding hydrogens is 456 g/mol. The van der Waals surface area contributed by atoms with Gasteiger partial charge in [0, 0.05) is 18.5 Å². The van der Waals surface area contributed by atoms with E-state index in [2.05, 4.69) is 17.1 Å². The smallest absolute Gasteiger partial charge is 0.326 e. The second kappa shape index (κ2) is 10.3. The number of alkyl halides is 1. The lowest BCUT2D eigenvalue weighted by Gasteiger charge is -2.43. The Morgan fingerprint density at radius 2 is 1.91 bits per heavy atom. The van der Waals surface area contributed by atoms with Gasteiger partial charge in [0.25, 0.3) is 0 Å². The molecule has 5 rings (SSSR count). The topological polar surface area (TPSA) is 65.0 Å². The van der Waals surface area contributed by atoms with E-state index in [1.54, 1.807) is 4.90 Å². The number of urea groups is 1. The van der Waals surface area contributed by atoms with Crippen LogP contribution in [0, 0.1) is 17.8 Å². The zero-order valence-electron chi connectivity index (χ0n) is 19.9. The number of amides is 3. The predicted molar refractivity (Wildman–Crippen MR) is 135 cm³/mol. The molecule has 0 aromatic rings. The summed E-state index contributed by atoms with van der Waals surface area (Å²) in [5, 5.41) is 3.47. The summed E-state index contributed by atoms with van der Waals surface area (Å²) < 4.78 is 0. The number of hydrogen-bond donors (Lipinski definition) is 1. The van der Waals surface area contributed by atoms with Crippen molar-refractivity contribution in [3.05, 3.63) is 0 Å². The molecule has 0 radical (unpaired) electrons. The number of amidine groups is 1. The monoisotopic (exact) mass is 494 g/mol. The summed E-state index contributed by atoms with van der Waals surface area (Å²) in [4.78, 5) is 35.6. The highest BCUT2D eigenvalue weighted by Gasteiger charge is 2.51. The summed E-state index contributed by atoms with van der Waals surface area (Å²) in [6.07, 6.45) is 11.5. The maximum Gasteiger partial charge on any atom is 0.326 e. The third-order valence-corrected chi connectivity index (χ3v) is 10.4. The van der Waals surface area contributed by atoms with E-state index in [1.165, 1.54) is 32.1 Å². The van der Waals surface area contributed by atoms with Crippen molar-refractivity contribution in [3.63, 3.8) is 0 Å². The van der Waals surface area contributed by atoms with Crippen molar-refractivity contribution in [1.29, 1.82) is 0 Å². The molecule has 2 saturated heterocycles. The number of nitrogens with one attached hydrogen (secondary N) is 1. The highest BCUT2D eigenvalue weighted by molar-refractivity contribution is 8.00. The Balaban J connectivity index is 1.48. The maximum atomic E-state index is 14.1. The van der Waals surface area contributed by atoms with Gasteiger partial charge in [-0.15, -0.1) is 11.6 Å². The van der Waals surface area contributed by atoms with Crippen molar-refractivity contribution in [2.24, 2.45) is 22.7 Å². The van der Waals surface area contributed by atoms with E-state index in [0.29, 0.717) is 36.1 Å². The third-order valence-electron chi connectivity index (χ3n) is 8.55. The molecule has 2 aliphatic carbocycles. The Bertz CT molecular complexity index is 766. The van der Waals surface area contributed by atoms with Gasteiger partial charge in [0.1, 0.15) is 12.4 Å². The largest absolute Gasteiger partial charge is 0.353 e. The number of carbonyl (C=O) groups is 2. The first kappa shape index (κ1) is 23.8. The van der Waals surface area contributed by atoms with Crippen LogP contribution in [0.15, 0.2) is 4.99 Å². The van der Waals surface area contributed by atoms with E-state index in [-0.39, 0.29) is 35.9 Å². The average Bonchev–Trinajstić information content (AvgIpc) is 3.47. The van der Waals surface area contributed by atoms with Gasteiger partial charge in [-0.05, 0) is 74.9 Å². The van der Waals surface area contributed by atoms with Gasteiger partial charge < -0.3 is 10.2 Å². The lowest BCUT2D eigenvalue weighted by molar-refractivity contribution is -0.123. The predicted octanol–water partition coefficient (Wildman–Crippen LogP) is 4.51. The first-order valence-corrected chi connectivity index (χ1v) is 14.7. The molecule has 0 bridgehead atoms. The molecule has 4 fully saturated rings. The van der Waals surface area contributed by atoms with Crippen LogP contribution in [0.5, 0.6) is 0 Å². The van der Waals surface area contributed by atoms with Gasteiger partial charge in [-0.2, -0.15) is 11.8 Å². The van der Waals surface area contributed by atoms with Crippen LogP contribution in [-0.4, -0.2) is 75.7 Å². The summed E-state index contributed by atoms with van der Waals surface area (Å²) in [6, 6.07) is 0.342. The first-order chi connectivity index (χ1) is 16.0. The molecule has 2 saturated carbocycles. The fraction of sp³-hybridized carbons (Fsp3) is 0.880. The lowest BCUT2D eigenvalue weighted by atomic mass is 9.72. The van der Waals surface area contributed by atoms with Crippen LogP contribution in [0.3, 0.4) is 0 Å². The third kappa shape index (κ3) is 5.05. The van der Waals surface area contributed by atoms with E-state index in [9.17, 15) is 9.59 Å². The van der Waals surface area contributed by atoms with Crippen molar-refractivity contribution in [2.45, 2.75) is 93.8 Å². The molecule has 5 aliphatic rings. The number of hydrogen-bond acceptors (Lipinski definition) is 4. The number of rotatable bonds is 3. The van der Waals surface area contributed by atoms with Crippen molar-refractivity contribution in [2.75, 3.05) is 25.4 Å². The van der Waals surface area contributed by atoms with Crippen molar-refractivity contribution in [1.82, 2.24) is 15.1 Å². The molecular formula is C25H39ClN4O2S. The van der Waals surface area contributed by atoms with Gasteiger partial charge in [-0.25, -0.2) is 4.79 Å². The summed E-state index contributed by atoms with van der Waals surface area (Å²) >= 11 is 8.43. The molecule has 3 amide bonds. The lowest BCUT2D eigenvalue weighted by Crippen LogP contribution is -2.59. The van der Waals surface area contributed by atoms with Crippen LogP contribution in [-0.2, 0) is 4.79 Å². The Morgan fingerprint density at radius 1 is 1.09 bits per heavy atom. The minimum absolute atomic E-state index is 0.0212. The molecule has 3 heterocycles. The summed E-state index contributed by atoms with van der Waals surface area (Å²) in [5.74, 6) is 3.81. The molecule has 6 nitrogen and oxygen atoms in total. The summed E-state index contributed by atoms with van der Waals surface area (Å²) in [7, 11) is 0. The molecule has 184 valence electrons. The SMILES string of the molecule is CC1CCCC(C2C(C3CCC(Cl)CC3)N=C(C3CCCS3)N2C(=O)N2CCNC(=O)C2)C1. The molecule has 5 atom stereocenters. The molecule has 33 heavy (non-hydrogen) atoms. The molecule has 0 aromatic heterocycles. The Kier molecular flexibility index (Phi) is 7.46. The molecule has 0 spiro atoms. The van der Waals surface area contributed by atoms with Crippen LogP contribution in [0.25, 0.3) is 0 Å². The zero-order chi connectivity index (χ0) is 22.9. The van der Waals surface area contributed by atoms with Gasteiger partial charge in [0.05, 0.1) is 17.3 Å². The van der Waals surface area contributed by atoms with E-state index in [0.717, 1.165) is 43.7 Å². The number of aliphatic imine (C=N–C) groups is 1. The van der Waals surface area contributed by atoms with E-state index in [1.807, 2.05) is 11.8 Å². The highest BCUT2D eigenvalue weighted by Crippen LogP contribution is 2.45. The van der Waals surface area contributed by atoms with Crippen LogP contribution in [0.1, 0.15) is 71.1 Å². The zero-order valence-corrected chi connectivity index (χ0v) is 21.5. The van der Waals surface area contributed by atoms with Gasteiger partial charge >= 0.3 is 6.03 Å². The molecule has 5 unspecified atom stereocenters. The van der Waals surface area contributed by atoms with Gasteiger partial charge in [0.15, 0.2) is 0 Å². The van der Waals surface area contributed by atoms with Crippen LogP contribution < -0.4 is 5.32 Å². The normalized spacial score (nSPS) is 40.0. The number of piperazine rings is 1. The quantitative estimate of drug-likeness (QED) is 0.587. The standard InChI is InChI=1S/C25H39ClN4O2S/c1-16-4-2-5-18(14-16)23-22(17-7-9-19(26)10-8-17)28-24(20-6-3-13-33-20)30(23)25(32)29-12-11-27-21(31)15-29/h16-20,22-23H,2-15H2,1H3,(H,27,31). The number of thioether (sulfide) groups is 1. The first-order valence-electron chi connectivity index (χ1n) is 13.2. The molecule has 1 N–H and O–H groups in total. The maximum absolute atomic E-state index is 14.1. The van der Waals surface area contributed by atoms with Gasteiger partial charge in [-0.1, -0.05) is 19.8 Å². The number of nitrogens with zero attached hydrogens (tertiary/aromatic N) is 3. The summed E-state index contributed by atoms with van der Waals surface area (Å²) in [5.41, 5.74) is 0. The fourth-order valence-electron chi connectivity index (χ4n) is 6.88. The van der Waals surface area contributed by atoms with Gasteiger partial charge in [0.2, 0.25) is 5.91 Å². The van der Waals surface area contributed by atoms with E-state index in [4.69, 9.17) is 16.6 Å². The minimum Gasteiger partial charge on any atom is -0.353 e. The van der Waals surface area contributed by atoms with E-state index < -0.39 is 0 Å². The average molecular weight is 495 g/mol. The molecule has 8 heteroatoms. The summed E-state index contributed by atoms with van der Waals surface area (Å²) in [6.45, 7) is 3.65. The van der Waals surface area contributed by atoms with Crippen LogP contribution in [0.4, 0.5) is 4.79 Å². The number of halogens is 1. The molecule has 0 aromatic carbocycles. The second-order valence-electron chi connectivity index (χ2n) is 10.9. The van der Waals surface area contributed by atoms with Crippen molar-refractivity contribution >= 4 is 41.1 Å². The Hall–Kier alpha value is -0.950.